The van der Waals surface area contributed by atoms with Gasteiger partial charge < -0.3 is 5.11 Å². The highest BCUT2D eigenvalue weighted by Crippen LogP contribution is 2.10. The molecule has 0 bridgehead atoms. The summed E-state index contributed by atoms with van der Waals surface area (Å²) in [5, 5.41) is 8.46. The Labute approximate surface area is 75.4 Å². The Hall–Kier alpha value is -1.84. The van der Waals surface area contributed by atoms with Crippen molar-refractivity contribution in [1.82, 2.24) is 0 Å². The number of rotatable bonds is 4. The van der Waals surface area contributed by atoms with E-state index in [1.807, 2.05) is 0 Å². The lowest BCUT2D eigenvalue weighted by Crippen LogP contribution is -2.27. The van der Waals surface area contributed by atoms with Crippen LogP contribution in [0.2, 0.25) is 0 Å². The van der Waals surface area contributed by atoms with Crippen LogP contribution < -0.4 is 4.90 Å². The van der Waals surface area contributed by atoms with Crippen LogP contribution in [0.25, 0.3) is 0 Å². The Morgan fingerprint density at radius 2 is 2.00 bits per heavy atom. The number of hydrogen-bond acceptors (Lipinski definition) is 2. The quantitative estimate of drug-likeness (QED) is 0.688. The third-order valence-corrected chi connectivity index (χ3v) is 1.47. The number of hydrogen-bond donors (Lipinski definition) is 1. The van der Waals surface area contributed by atoms with Gasteiger partial charge in [-0.15, -0.1) is 0 Å². The van der Waals surface area contributed by atoms with Crippen LogP contribution in [0.1, 0.15) is 0 Å². The van der Waals surface area contributed by atoms with Crippen molar-refractivity contribution in [2.75, 3.05) is 11.4 Å². The van der Waals surface area contributed by atoms with E-state index in [4.69, 9.17) is 5.11 Å². The normalized spacial score (nSPS) is 9.23. The van der Waals surface area contributed by atoms with Gasteiger partial charge in [0.2, 0.25) is 0 Å². The summed E-state index contributed by atoms with van der Waals surface area (Å²) in [4.78, 5) is 21.7. The number of benzene rings is 1. The van der Waals surface area contributed by atoms with Crippen molar-refractivity contribution in [3.63, 3.8) is 0 Å². The fraction of sp³-hybridized carbons (Fsp3) is 0.111. The van der Waals surface area contributed by atoms with E-state index in [-0.39, 0.29) is 6.54 Å². The molecular formula is C9H8NO3. The number of para-hydroxylation sites is 1. The molecule has 4 nitrogen and oxygen atoms in total. The van der Waals surface area contributed by atoms with E-state index in [2.05, 4.69) is 0 Å². The van der Waals surface area contributed by atoms with Crippen LogP contribution in [0.3, 0.4) is 0 Å². The van der Waals surface area contributed by atoms with Crippen LogP contribution in [0.4, 0.5) is 5.69 Å². The van der Waals surface area contributed by atoms with E-state index in [0.29, 0.717) is 5.69 Å². The van der Waals surface area contributed by atoms with Gasteiger partial charge in [-0.2, -0.15) is 0 Å². The van der Waals surface area contributed by atoms with Crippen LogP contribution >= 0.6 is 0 Å². The summed E-state index contributed by atoms with van der Waals surface area (Å²) in [6.07, 6.45) is 1.55. The molecule has 4 heteroatoms. The maximum atomic E-state index is 10.4. The molecule has 1 aromatic rings. The van der Waals surface area contributed by atoms with Crippen molar-refractivity contribution in [2.45, 2.75) is 0 Å². The first kappa shape index (κ1) is 9.25. The minimum atomic E-state index is -1.06. The molecule has 13 heavy (non-hydrogen) atoms. The smallest absolute Gasteiger partial charge is 0.323 e. The van der Waals surface area contributed by atoms with Gasteiger partial charge >= 0.3 is 12.4 Å². The summed E-state index contributed by atoms with van der Waals surface area (Å²) < 4.78 is 0. The molecule has 1 radical (unpaired) electrons. The molecule has 0 spiro atoms. The number of carboxylic acids is 1. The van der Waals surface area contributed by atoms with Gasteiger partial charge in [-0.1, -0.05) is 18.2 Å². The number of nitrogens with zero attached hydrogens (tertiary/aromatic N) is 1. The molecule has 0 saturated heterocycles. The van der Waals surface area contributed by atoms with Gasteiger partial charge in [0.15, 0.2) is 0 Å². The Bertz CT molecular complexity index is 297. The van der Waals surface area contributed by atoms with Gasteiger partial charge in [0.1, 0.15) is 6.54 Å². The third-order valence-electron chi connectivity index (χ3n) is 1.47. The van der Waals surface area contributed by atoms with Gasteiger partial charge in [0.25, 0.3) is 0 Å². The van der Waals surface area contributed by atoms with Gasteiger partial charge in [-0.3, -0.25) is 14.5 Å². The Morgan fingerprint density at radius 3 is 2.46 bits per heavy atom. The number of carboxylic acid groups (broad SMARTS) is 1. The lowest BCUT2D eigenvalue weighted by molar-refractivity contribution is -0.135. The van der Waals surface area contributed by atoms with E-state index in [1.165, 1.54) is 0 Å². The molecule has 67 valence electrons. The highest BCUT2D eigenvalue weighted by Gasteiger charge is 2.09. The highest BCUT2D eigenvalue weighted by atomic mass is 16.4. The molecule has 1 amide bonds. The lowest BCUT2D eigenvalue weighted by Gasteiger charge is -2.12. The SMILES string of the molecule is O=[C]N(CC(=O)O)c1ccccc1. The summed E-state index contributed by atoms with van der Waals surface area (Å²) in [6.45, 7) is -0.368. The van der Waals surface area contributed by atoms with Crippen molar-refractivity contribution in [3.8, 4) is 0 Å². The van der Waals surface area contributed by atoms with E-state index >= 15 is 0 Å². The van der Waals surface area contributed by atoms with Crippen LogP contribution in [0.5, 0.6) is 0 Å². The second-order valence-corrected chi connectivity index (χ2v) is 2.41. The number of amides is 1. The molecular weight excluding hydrogens is 170 g/mol. The molecule has 1 rings (SSSR count). The topological polar surface area (TPSA) is 57.6 Å². The van der Waals surface area contributed by atoms with E-state index in [9.17, 15) is 9.59 Å². The predicted octanol–water partition coefficient (Wildman–Crippen LogP) is 0.645. The standard InChI is InChI=1S/C9H8NO3/c11-7-10(6-9(12)13)8-4-2-1-3-5-8/h1-5H,6H2,(H,12,13). The Morgan fingerprint density at radius 1 is 1.38 bits per heavy atom. The fourth-order valence-corrected chi connectivity index (χ4v) is 0.919. The molecule has 0 aliphatic rings. The van der Waals surface area contributed by atoms with Gasteiger partial charge in [-0.05, 0) is 12.1 Å². The van der Waals surface area contributed by atoms with E-state index in [0.717, 1.165) is 4.90 Å². The summed E-state index contributed by atoms with van der Waals surface area (Å²) in [7, 11) is 0. The summed E-state index contributed by atoms with van der Waals surface area (Å²) in [5.41, 5.74) is 0.528. The maximum Gasteiger partial charge on any atom is 0.323 e. The first-order chi connectivity index (χ1) is 6.24. The minimum Gasteiger partial charge on any atom is -0.480 e. The second kappa shape index (κ2) is 4.25. The van der Waals surface area contributed by atoms with Crippen LogP contribution in [-0.2, 0) is 9.59 Å². The minimum absolute atomic E-state index is 0.368. The number of aliphatic carboxylic acids is 1. The number of carbonyl (C=O) groups excluding carboxylic acids is 1. The zero-order chi connectivity index (χ0) is 9.68. The number of anilines is 1. The molecule has 0 fully saturated rings. The predicted molar refractivity (Wildman–Crippen MR) is 47.1 cm³/mol. The zero-order valence-corrected chi connectivity index (χ0v) is 6.80. The molecule has 0 saturated carbocycles. The number of carbonyl (C=O) groups is 1. The first-order valence-electron chi connectivity index (χ1n) is 3.66. The van der Waals surface area contributed by atoms with Crippen molar-refractivity contribution >= 4 is 18.1 Å². The maximum absolute atomic E-state index is 10.4. The summed E-state index contributed by atoms with van der Waals surface area (Å²) in [5.74, 6) is -1.06. The molecule has 0 heterocycles. The van der Waals surface area contributed by atoms with Crippen LogP contribution in [-0.4, -0.2) is 24.0 Å². The molecule has 0 aliphatic carbocycles. The molecule has 1 N–H and O–H groups in total. The largest absolute Gasteiger partial charge is 0.480 e. The summed E-state index contributed by atoms with van der Waals surface area (Å²) in [6, 6.07) is 8.53. The molecule has 1 aromatic carbocycles. The highest BCUT2D eigenvalue weighted by molar-refractivity contribution is 5.84. The van der Waals surface area contributed by atoms with E-state index < -0.39 is 5.97 Å². The molecule has 0 aromatic heterocycles. The fourth-order valence-electron chi connectivity index (χ4n) is 0.919. The van der Waals surface area contributed by atoms with Crippen molar-refractivity contribution < 1.29 is 14.7 Å². The average molecular weight is 178 g/mol. The first-order valence-corrected chi connectivity index (χ1v) is 3.66. The monoisotopic (exact) mass is 178 g/mol. The Kier molecular flexibility index (Phi) is 3.03. The van der Waals surface area contributed by atoms with Crippen molar-refractivity contribution in [1.29, 1.82) is 0 Å². The van der Waals surface area contributed by atoms with Crippen LogP contribution in [0, 0.1) is 0 Å². The molecule has 0 unspecified atom stereocenters. The molecule has 0 atom stereocenters. The molecule has 0 aliphatic heterocycles. The summed E-state index contributed by atoms with van der Waals surface area (Å²) >= 11 is 0. The van der Waals surface area contributed by atoms with Crippen molar-refractivity contribution in [2.24, 2.45) is 0 Å². The zero-order valence-electron chi connectivity index (χ0n) is 6.80. The van der Waals surface area contributed by atoms with Gasteiger partial charge in [-0.25, -0.2) is 0 Å². The van der Waals surface area contributed by atoms with Crippen molar-refractivity contribution in [3.05, 3.63) is 30.3 Å². The second-order valence-electron chi connectivity index (χ2n) is 2.41. The van der Waals surface area contributed by atoms with Crippen LogP contribution in [0.15, 0.2) is 30.3 Å². The lowest BCUT2D eigenvalue weighted by atomic mass is 10.3. The third kappa shape index (κ3) is 2.59. The van der Waals surface area contributed by atoms with Gasteiger partial charge in [0, 0.05) is 5.69 Å². The van der Waals surface area contributed by atoms with Gasteiger partial charge in [0.05, 0.1) is 0 Å². The van der Waals surface area contributed by atoms with E-state index in [1.54, 1.807) is 36.7 Å². The Balaban J connectivity index is 2.78. The average Bonchev–Trinajstić information content (AvgIpc) is 2.15.